The van der Waals surface area contributed by atoms with E-state index in [4.69, 9.17) is 5.73 Å². The summed E-state index contributed by atoms with van der Waals surface area (Å²) < 4.78 is 0. The summed E-state index contributed by atoms with van der Waals surface area (Å²) in [6, 6.07) is 7.14. The molecule has 3 aliphatic rings. The number of likely N-dealkylation sites (tertiary alicyclic amines) is 1. The van der Waals surface area contributed by atoms with Crippen LogP contribution in [-0.2, 0) is 30.5 Å². The Morgan fingerprint density at radius 1 is 1.02 bits per heavy atom. The number of ketones is 1. The first kappa shape index (κ1) is 33.9. The summed E-state index contributed by atoms with van der Waals surface area (Å²) in [5.41, 5.74) is 3.98. The van der Waals surface area contributed by atoms with Crippen LogP contribution in [0.3, 0.4) is 0 Å². The van der Waals surface area contributed by atoms with Crippen molar-refractivity contribution >= 4 is 35.4 Å². The molecule has 0 aromatic heterocycles. The molecule has 1 heterocycles. The SMILES string of the molecule is CN(Cc1ccccc1)C(=O)C1(NC(=O)N[C@H](C(=O)N2C[C@H]3C([C@H]2C(=O)NCC(=O)C(N)=O)C3(C)C)C(C)(C)C)CCCCC1. The van der Waals surface area contributed by atoms with Crippen LogP contribution in [0, 0.1) is 22.7 Å². The highest BCUT2D eigenvalue weighted by molar-refractivity contribution is 6.36. The highest BCUT2D eigenvalue weighted by Gasteiger charge is 2.69. The number of hydrogen-bond donors (Lipinski definition) is 4. The van der Waals surface area contributed by atoms with E-state index in [1.54, 1.807) is 11.9 Å². The van der Waals surface area contributed by atoms with E-state index in [1.165, 1.54) is 4.90 Å². The number of carbonyl (C=O) groups is 6. The van der Waals surface area contributed by atoms with Crippen LogP contribution in [-0.4, -0.2) is 83.0 Å². The van der Waals surface area contributed by atoms with Crippen molar-refractivity contribution in [3.05, 3.63) is 35.9 Å². The monoisotopic (exact) mass is 624 g/mol. The predicted molar refractivity (Wildman–Crippen MR) is 167 cm³/mol. The highest BCUT2D eigenvalue weighted by atomic mass is 16.2. The van der Waals surface area contributed by atoms with Crippen LogP contribution in [0.2, 0.25) is 0 Å². The average molecular weight is 625 g/mol. The smallest absolute Gasteiger partial charge is 0.316 e. The van der Waals surface area contributed by atoms with Crippen LogP contribution >= 0.6 is 0 Å². The van der Waals surface area contributed by atoms with Gasteiger partial charge in [-0.05, 0) is 41.1 Å². The Labute approximate surface area is 265 Å². The first-order chi connectivity index (χ1) is 21.0. The average Bonchev–Trinajstić information content (AvgIpc) is 3.28. The van der Waals surface area contributed by atoms with Gasteiger partial charge in [0.05, 0.1) is 6.54 Å². The number of piperidine rings is 1. The number of urea groups is 1. The van der Waals surface area contributed by atoms with E-state index in [2.05, 4.69) is 16.0 Å². The summed E-state index contributed by atoms with van der Waals surface area (Å²) in [7, 11) is 1.73. The number of hydrogen-bond acceptors (Lipinski definition) is 6. The number of nitrogens with two attached hydrogens (primary N) is 1. The molecule has 12 nitrogen and oxygen atoms in total. The molecule has 6 amide bonds. The largest absolute Gasteiger partial charge is 0.363 e. The summed E-state index contributed by atoms with van der Waals surface area (Å²) >= 11 is 0. The van der Waals surface area contributed by atoms with Crippen LogP contribution < -0.4 is 21.7 Å². The number of nitrogens with zero attached hydrogens (tertiary/aromatic N) is 2. The number of nitrogens with one attached hydrogen (secondary N) is 3. The van der Waals surface area contributed by atoms with Gasteiger partial charge in [-0.15, -0.1) is 0 Å². The zero-order valence-electron chi connectivity index (χ0n) is 27.3. The predicted octanol–water partition coefficient (Wildman–Crippen LogP) is 1.72. The van der Waals surface area contributed by atoms with Crippen molar-refractivity contribution in [1.29, 1.82) is 0 Å². The van der Waals surface area contributed by atoms with Crippen LogP contribution in [0.4, 0.5) is 4.79 Å². The van der Waals surface area contributed by atoms with Crippen LogP contribution in [0.5, 0.6) is 0 Å². The minimum Gasteiger partial charge on any atom is -0.363 e. The second kappa shape index (κ2) is 12.8. The molecular formula is C33H48N6O6. The van der Waals surface area contributed by atoms with Gasteiger partial charge in [0, 0.05) is 20.1 Å². The van der Waals surface area contributed by atoms with Gasteiger partial charge in [0.1, 0.15) is 17.6 Å². The quantitative estimate of drug-likeness (QED) is 0.289. The zero-order valence-corrected chi connectivity index (χ0v) is 27.3. The number of primary amides is 1. The molecule has 12 heteroatoms. The number of carbonyl (C=O) groups excluding carboxylic acids is 6. The Morgan fingerprint density at radius 2 is 1.64 bits per heavy atom. The van der Waals surface area contributed by atoms with Crippen molar-refractivity contribution < 1.29 is 28.8 Å². The maximum absolute atomic E-state index is 14.2. The fourth-order valence-electron chi connectivity index (χ4n) is 7.21. The molecule has 1 aromatic carbocycles. The van der Waals surface area contributed by atoms with E-state index < -0.39 is 59.1 Å². The molecule has 45 heavy (non-hydrogen) atoms. The van der Waals surface area contributed by atoms with Gasteiger partial charge in [-0.1, -0.05) is 84.2 Å². The molecule has 3 fully saturated rings. The highest BCUT2D eigenvalue weighted by Crippen LogP contribution is 2.65. The minimum absolute atomic E-state index is 0.0711. The van der Waals surface area contributed by atoms with Crippen LogP contribution in [0.25, 0.3) is 0 Å². The first-order valence-corrected chi connectivity index (χ1v) is 15.8. The van der Waals surface area contributed by atoms with E-state index in [0.29, 0.717) is 25.9 Å². The molecule has 5 N–H and O–H groups in total. The molecule has 0 spiro atoms. The Bertz CT molecular complexity index is 1330. The van der Waals surface area contributed by atoms with E-state index in [-0.39, 0.29) is 23.2 Å². The van der Waals surface area contributed by atoms with Gasteiger partial charge in [0.25, 0.3) is 5.91 Å². The third-order valence-electron chi connectivity index (χ3n) is 9.93. The van der Waals surface area contributed by atoms with Crippen molar-refractivity contribution in [2.75, 3.05) is 20.1 Å². The molecule has 2 aliphatic carbocycles. The van der Waals surface area contributed by atoms with Gasteiger partial charge in [-0.3, -0.25) is 24.0 Å². The molecular weight excluding hydrogens is 576 g/mol. The Kier molecular flexibility index (Phi) is 9.65. The standard InChI is InChI=1S/C33H48N6O6/c1-31(2,3)25(28(43)39-19-21-23(32(21,4)5)24(39)27(42)35-17-22(40)26(34)41)36-30(45)37-33(15-11-8-12-16-33)29(44)38(6)18-20-13-9-7-10-14-20/h7,9-10,13-14,21,23-25H,8,11-12,15-19H2,1-6H3,(H2,34,41)(H,35,42)(H2,36,37,45)/t21-,23?,24-,25+/m0/s1. The van der Waals surface area contributed by atoms with Crippen molar-refractivity contribution in [1.82, 2.24) is 25.8 Å². The summed E-state index contributed by atoms with van der Waals surface area (Å²) in [6.07, 6.45) is 3.51. The normalized spacial score (nSPS) is 23.6. The summed E-state index contributed by atoms with van der Waals surface area (Å²) in [6.45, 7) is 9.70. The Hall–Kier alpha value is -3.96. The lowest BCUT2D eigenvalue weighted by Gasteiger charge is -2.41. The molecule has 1 unspecified atom stereocenters. The number of rotatable bonds is 10. The topological polar surface area (TPSA) is 171 Å². The van der Waals surface area contributed by atoms with E-state index in [0.717, 1.165) is 24.8 Å². The summed E-state index contributed by atoms with van der Waals surface area (Å²) in [5, 5.41) is 8.33. The molecule has 1 saturated heterocycles. The van der Waals surface area contributed by atoms with Gasteiger partial charge in [-0.2, -0.15) is 0 Å². The fourth-order valence-corrected chi connectivity index (χ4v) is 7.21. The van der Waals surface area contributed by atoms with E-state index in [9.17, 15) is 28.8 Å². The Morgan fingerprint density at radius 3 is 2.22 bits per heavy atom. The Balaban J connectivity index is 1.51. The zero-order chi connectivity index (χ0) is 33.3. The molecule has 0 bridgehead atoms. The van der Waals surface area contributed by atoms with Gasteiger partial charge in [-0.25, -0.2) is 4.79 Å². The fraction of sp³-hybridized carbons (Fsp3) is 0.636. The lowest BCUT2D eigenvalue weighted by molar-refractivity contribution is -0.144. The van der Waals surface area contributed by atoms with Gasteiger partial charge < -0.3 is 31.5 Å². The van der Waals surface area contributed by atoms with Gasteiger partial charge in [0.15, 0.2) is 0 Å². The van der Waals surface area contributed by atoms with Crippen LogP contribution in [0.1, 0.15) is 72.3 Å². The molecule has 4 rings (SSSR count). The van der Waals surface area contributed by atoms with Crippen molar-refractivity contribution in [2.45, 2.75) is 90.9 Å². The first-order valence-electron chi connectivity index (χ1n) is 15.8. The maximum Gasteiger partial charge on any atom is 0.316 e. The number of amides is 6. The van der Waals surface area contributed by atoms with E-state index >= 15 is 0 Å². The van der Waals surface area contributed by atoms with E-state index in [1.807, 2.05) is 65.0 Å². The molecule has 4 atom stereocenters. The number of Topliss-reactive ketones (excluding diaryl/α,β-unsaturated/α-hetero) is 1. The van der Waals surface area contributed by atoms with Gasteiger partial charge >= 0.3 is 6.03 Å². The number of benzene rings is 1. The molecule has 246 valence electrons. The molecule has 1 aliphatic heterocycles. The second-order valence-electron chi connectivity index (χ2n) is 14.6. The molecule has 0 radical (unpaired) electrons. The van der Waals surface area contributed by atoms with Crippen molar-refractivity contribution in [3.8, 4) is 0 Å². The maximum atomic E-state index is 14.2. The molecule has 2 saturated carbocycles. The third kappa shape index (κ3) is 7.15. The lowest BCUT2D eigenvalue weighted by Crippen LogP contribution is -2.65. The third-order valence-corrected chi connectivity index (χ3v) is 9.93. The lowest BCUT2D eigenvalue weighted by atomic mass is 9.80. The number of fused-ring (bicyclic) bond motifs is 1. The molecule has 1 aromatic rings. The van der Waals surface area contributed by atoms with Crippen molar-refractivity contribution in [2.24, 2.45) is 28.4 Å². The summed E-state index contributed by atoms with van der Waals surface area (Å²) in [5.74, 6) is -3.29. The van der Waals surface area contributed by atoms with Crippen molar-refractivity contribution in [3.63, 3.8) is 0 Å². The van der Waals surface area contributed by atoms with Crippen LogP contribution in [0.15, 0.2) is 30.3 Å². The summed E-state index contributed by atoms with van der Waals surface area (Å²) in [4.78, 5) is 81.1. The number of likely N-dealkylation sites (N-methyl/N-ethyl adjacent to an activating group) is 1. The minimum atomic E-state index is -1.15. The second-order valence-corrected chi connectivity index (χ2v) is 14.6. The van der Waals surface area contributed by atoms with Gasteiger partial charge in [0.2, 0.25) is 23.5 Å².